The smallest absolute Gasteiger partial charge is 0.236 e. The van der Waals surface area contributed by atoms with Crippen molar-refractivity contribution in [3.63, 3.8) is 0 Å². The van der Waals surface area contributed by atoms with Crippen LogP contribution in [0.2, 0.25) is 0 Å². The monoisotopic (exact) mass is 446 g/mol. The lowest BCUT2D eigenvalue weighted by molar-refractivity contribution is -0.114. The molecule has 0 aliphatic carbocycles. The summed E-state index contributed by atoms with van der Waals surface area (Å²) in [5.74, 6) is -0.698. The first kappa shape index (κ1) is 19.3. The number of aromatic nitrogens is 6. The Kier molecular flexibility index (Phi) is 6.37. The molecule has 0 unspecified atom stereocenters. The maximum atomic E-state index is 12.0. The molecule has 13 nitrogen and oxygen atoms in total. The van der Waals surface area contributed by atoms with Crippen molar-refractivity contribution in [3.05, 3.63) is 0 Å². The molecule has 0 radical (unpaired) electrons. The number of nitrogens with two attached hydrogens (primary N) is 2. The van der Waals surface area contributed by atoms with Crippen molar-refractivity contribution in [2.24, 2.45) is 0 Å². The lowest BCUT2D eigenvalue weighted by atomic mass is 10.5. The first-order valence-electron chi connectivity index (χ1n) is 6.85. The molecule has 0 aromatic carbocycles. The fourth-order valence-electron chi connectivity index (χ4n) is 1.50. The van der Waals surface area contributed by atoms with Crippen molar-refractivity contribution < 1.29 is 14.2 Å². The average molecular weight is 447 g/mol. The van der Waals surface area contributed by atoms with Gasteiger partial charge in [0.1, 0.15) is 0 Å². The fraction of sp³-hybridized carbons (Fsp3) is 0.200. The summed E-state index contributed by atoms with van der Waals surface area (Å²) in [6.07, 6.45) is 0. The Morgan fingerprint density at radius 1 is 0.852 bits per heavy atom. The molecule has 3 aromatic rings. The zero-order chi connectivity index (χ0) is 19.2. The van der Waals surface area contributed by atoms with E-state index < -0.39 is 11.8 Å². The molecule has 3 aromatic heterocycles. The maximum absolute atomic E-state index is 12.0. The topological polar surface area (TPSA) is 201 Å². The molecule has 6 N–H and O–H groups in total. The Hall–Kier alpha value is -2.50. The van der Waals surface area contributed by atoms with E-state index in [0.717, 1.165) is 23.5 Å². The van der Waals surface area contributed by atoms with Crippen molar-refractivity contribution in [1.82, 2.24) is 30.7 Å². The van der Waals surface area contributed by atoms with Crippen LogP contribution in [0.15, 0.2) is 13.3 Å². The molecule has 0 saturated heterocycles. The lowest BCUT2D eigenvalue weighted by Crippen LogP contribution is -2.19. The second-order valence-corrected chi connectivity index (χ2v) is 8.91. The number of carbonyl (C=O) groups is 2. The lowest BCUT2D eigenvalue weighted by Gasteiger charge is -2.03. The van der Waals surface area contributed by atoms with E-state index in [1.807, 2.05) is 0 Å². The number of nitrogens with zero attached hydrogens (tertiary/aromatic N) is 6. The first-order chi connectivity index (χ1) is 13.0. The molecule has 3 heterocycles. The highest BCUT2D eigenvalue weighted by atomic mass is 32.2. The number of hydrogen-bond acceptors (Lipinski definition) is 15. The van der Waals surface area contributed by atoms with Crippen LogP contribution in [0, 0.1) is 0 Å². The van der Waals surface area contributed by atoms with Crippen LogP contribution in [0.5, 0.6) is 0 Å². The molecule has 142 valence electrons. The van der Waals surface area contributed by atoms with Gasteiger partial charge < -0.3 is 22.1 Å². The summed E-state index contributed by atoms with van der Waals surface area (Å²) in [7, 11) is 0. The highest BCUT2D eigenvalue weighted by Crippen LogP contribution is 2.25. The third kappa shape index (κ3) is 5.74. The molecule has 0 atom stereocenters. The molecule has 2 amide bonds. The van der Waals surface area contributed by atoms with Crippen LogP contribution in [0.1, 0.15) is 0 Å². The van der Waals surface area contributed by atoms with E-state index in [0.29, 0.717) is 18.9 Å². The van der Waals surface area contributed by atoms with E-state index in [2.05, 4.69) is 46.0 Å². The van der Waals surface area contributed by atoms with Crippen molar-refractivity contribution in [1.29, 1.82) is 0 Å². The molecule has 0 saturated carbocycles. The molecule has 17 heteroatoms. The van der Waals surface area contributed by atoms with Gasteiger partial charge in [-0.05, 0) is 10.3 Å². The zero-order valence-corrected chi connectivity index (χ0v) is 16.4. The van der Waals surface area contributed by atoms with Gasteiger partial charge in [-0.3, -0.25) is 9.59 Å². The normalized spacial score (nSPS) is 10.7. The summed E-state index contributed by atoms with van der Waals surface area (Å²) in [5, 5.41) is 27.6. The summed E-state index contributed by atoms with van der Waals surface area (Å²) < 4.78 is 5.68. The highest BCUT2D eigenvalue weighted by molar-refractivity contribution is 8.02. The molecule has 0 aliphatic rings. The van der Waals surface area contributed by atoms with E-state index in [1.165, 1.54) is 22.7 Å². The number of amides is 2. The number of nitrogens with one attached hydrogen (secondary N) is 2. The number of anilines is 4. The predicted octanol–water partition coefficient (Wildman–Crippen LogP) is 0.399. The van der Waals surface area contributed by atoms with Gasteiger partial charge in [0.15, 0.2) is 8.68 Å². The molecule has 0 spiro atoms. The second kappa shape index (κ2) is 8.93. The van der Waals surface area contributed by atoms with Crippen LogP contribution >= 0.6 is 46.2 Å². The van der Waals surface area contributed by atoms with E-state index in [-0.39, 0.29) is 23.1 Å². The summed E-state index contributed by atoms with van der Waals surface area (Å²) in [5.41, 5.74) is 10.9. The molecule has 0 fully saturated rings. The summed E-state index contributed by atoms with van der Waals surface area (Å²) in [6.45, 7) is 0. The van der Waals surface area contributed by atoms with Crippen LogP contribution in [0.25, 0.3) is 0 Å². The third-order valence-corrected chi connectivity index (χ3v) is 6.27. The Labute approximate surface area is 167 Å². The van der Waals surface area contributed by atoms with Crippen molar-refractivity contribution in [2.75, 3.05) is 33.6 Å². The largest absolute Gasteiger partial charge is 0.374 e. The van der Waals surface area contributed by atoms with E-state index >= 15 is 0 Å². The van der Waals surface area contributed by atoms with E-state index in [9.17, 15) is 9.59 Å². The van der Waals surface area contributed by atoms with Gasteiger partial charge in [0.05, 0.1) is 11.5 Å². The third-order valence-electron chi connectivity index (χ3n) is 2.50. The van der Waals surface area contributed by atoms with Gasteiger partial charge in [0, 0.05) is 0 Å². The number of rotatable bonds is 8. The number of nitrogen functional groups attached to an aromatic ring is 2. The molecular formula is C10H10N10O3S4. The average Bonchev–Trinajstić information content (AvgIpc) is 3.34. The van der Waals surface area contributed by atoms with Crippen molar-refractivity contribution in [3.8, 4) is 0 Å². The van der Waals surface area contributed by atoms with Gasteiger partial charge in [-0.1, -0.05) is 46.2 Å². The van der Waals surface area contributed by atoms with Crippen LogP contribution in [-0.2, 0) is 9.59 Å². The number of thioether (sulfide) groups is 2. The second-order valence-electron chi connectivity index (χ2n) is 4.45. The fourth-order valence-corrected chi connectivity index (χ4v) is 4.37. The van der Waals surface area contributed by atoms with Gasteiger partial charge >= 0.3 is 0 Å². The molecule has 0 bridgehead atoms. The van der Waals surface area contributed by atoms with Gasteiger partial charge in [-0.2, -0.15) is 0 Å². The number of carbonyl (C=O) groups excluding carboxylic acids is 2. The quantitative estimate of drug-likeness (QED) is 0.347. The maximum Gasteiger partial charge on any atom is 0.236 e. The summed E-state index contributed by atoms with van der Waals surface area (Å²) >= 11 is 4.66. The van der Waals surface area contributed by atoms with Gasteiger partial charge in [0.2, 0.25) is 33.7 Å². The number of hydrogen-bond donors (Lipinski definition) is 4. The zero-order valence-electron chi connectivity index (χ0n) is 13.1. The summed E-state index contributed by atoms with van der Waals surface area (Å²) in [6, 6.07) is 0. The van der Waals surface area contributed by atoms with Crippen LogP contribution in [-0.4, -0.2) is 54.0 Å². The minimum atomic E-state index is -0.390. The minimum absolute atomic E-state index is 0.00381. The van der Waals surface area contributed by atoms with Crippen LogP contribution < -0.4 is 22.1 Å². The minimum Gasteiger partial charge on any atom is -0.374 e. The molecule has 0 aliphatic heterocycles. The SMILES string of the molecule is Nc1nnc(SCC(=O)Nc2nonc2NC(=O)CSc2nnc(N)s2)s1. The van der Waals surface area contributed by atoms with E-state index in [1.54, 1.807) is 0 Å². The first-order valence-corrected chi connectivity index (χ1v) is 10.5. The Morgan fingerprint density at radius 2 is 1.30 bits per heavy atom. The van der Waals surface area contributed by atoms with Crippen molar-refractivity contribution >= 4 is 79.9 Å². The molecule has 27 heavy (non-hydrogen) atoms. The molecule has 3 rings (SSSR count). The highest BCUT2D eigenvalue weighted by Gasteiger charge is 2.17. The standard InChI is InChI=1S/C10H10N10O3S4/c11-7-15-17-9(26-7)24-1-3(21)13-5-6(20-23-19-5)14-4(22)2-25-10-18-16-8(12)27-10/h1-2H2,(H2,11,15)(H2,12,16)(H,13,19,21)(H,14,20,22). The van der Waals surface area contributed by atoms with Crippen molar-refractivity contribution in [2.45, 2.75) is 8.68 Å². The Morgan fingerprint density at radius 3 is 1.67 bits per heavy atom. The molecular weight excluding hydrogens is 436 g/mol. The summed E-state index contributed by atoms with van der Waals surface area (Å²) in [4.78, 5) is 24.0. The van der Waals surface area contributed by atoms with Crippen LogP contribution in [0.4, 0.5) is 21.9 Å². The van der Waals surface area contributed by atoms with E-state index in [4.69, 9.17) is 11.5 Å². The predicted molar refractivity (Wildman–Crippen MR) is 102 cm³/mol. The van der Waals surface area contributed by atoms with Gasteiger partial charge in [-0.15, -0.1) is 20.4 Å². The van der Waals surface area contributed by atoms with Gasteiger partial charge in [-0.25, -0.2) is 4.63 Å². The Bertz CT molecular complexity index is 866. The van der Waals surface area contributed by atoms with Crippen LogP contribution in [0.3, 0.4) is 0 Å². The Balaban J connectivity index is 1.47. The van der Waals surface area contributed by atoms with Gasteiger partial charge in [0.25, 0.3) is 0 Å².